The second-order valence-corrected chi connectivity index (χ2v) is 11.4. The van der Waals surface area contributed by atoms with Gasteiger partial charge in [-0.1, -0.05) is 112 Å². The minimum atomic E-state index is 0.0489. The van der Waals surface area contributed by atoms with Gasteiger partial charge in [-0.25, -0.2) is 0 Å². The third-order valence-corrected chi connectivity index (χ3v) is 9.39. The van der Waals surface area contributed by atoms with Gasteiger partial charge in [0.15, 0.2) is 0 Å². The Labute approximate surface area is 189 Å². The van der Waals surface area contributed by atoms with Gasteiger partial charge in [0.05, 0.1) is 0 Å². The van der Waals surface area contributed by atoms with Crippen LogP contribution in [0.15, 0.2) is 12.7 Å². The molecule has 6 atom stereocenters. The molecule has 0 aliphatic heterocycles. The van der Waals surface area contributed by atoms with Crippen LogP contribution >= 0.6 is 0 Å². The van der Waals surface area contributed by atoms with Crippen molar-refractivity contribution in [3.05, 3.63) is 12.7 Å². The summed E-state index contributed by atoms with van der Waals surface area (Å²) < 4.78 is 0. The molecule has 0 heterocycles. The third-order valence-electron chi connectivity index (χ3n) is 9.39. The normalized spacial score (nSPS) is 25.2. The first-order valence-electron chi connectivity index (χ1n) is 13.3. The highest BCUT2D eigenvalue weighted by Gasteiger charge is 2.53. The molecule has 0 saturated heterocycles. The first kappa shape index (κ1) is 27.4. The summed E-state index contributed by atoms with van der Waals surface area (Å²) in [4.78, 5) is 12.8. The molecule has 1 nitrogen and oxygen atoms in total. The Morgan fingerprint density at radius 1 is 1.03 bits per heavy atom. The van der Waals surface area contributed by atoms with E-state index in [0.717, 1.165) is 24.7 Å². The number of rotatable bonds is 15. The lowest BCUT2D eigenvalue weighted by Gasteiger charge is -2.56. The Balaban J connectivity index is 3.28. The number of allylic oxidation sites excluding steroid dienone is 1. The predicted molar refractivity (Wildman–Crippen MR) is 134 cm³/mol. The van der Waals surface area contributed by atoms with E-state index in [1.54, 1.807) is 0 Å². The van der Waals surface area contributed by atoms with Crippen molar-refractivity contribution in [2.24, 2.45) is 40.4 Å². The zero-order valence-corrected chi connectivity index (χ0v) is 21.6. The molecule has 0 aromatic heterocycles. The van der Waals surface area contributed by atoms with E-state index in [9.17, 15) is 4.79 Å². The predicted octanol–water partition coefficient (Wildman–Crippen LogP) is 9.26. The van der Waals surface area contributed by atoms with Gasteiger partial charge in [-0.15, -0.1) is 6.58 Å². The quantitative estimate of drug-likeness (QED) is 0.147. The lowest BCUT2D eigenvalue weighted by molar-refractivity contribution is -0.132. The van der Waals surface area contributed by atoms with Crippen molar-refractivity contribution < 1.29 is 4.79 Å². The van der Waals surface area contributed by atoms with Gasteiger partial charge in [0.2, 0.25) is 0 Å². The van der Waals surface area contributed by atoms with E-state index in [-0.39, 0.29) is 16.7 Å². The first-order valence-corrected chi connectivity index (χ1v) is 13.3. The van der Waals surface area contributed by atoms with Crippen LogP contribution in [-0.4, -0.2) is 6.29 Å². The van der Waals surface area contributed by atoms with E-state index >= 15 is 0 Å². The Bertz CT molecular complexity index is 493. The molecule has 1 heteroatoms. The molecular weight excluding hydrogens is 364 g/mol. The van der Waals surface area contributed by atoms with Gasteiger partial charge >= 0.3 is 0 Å². The highest BCUT2D eigenvalue weighted by Crippen LogP contribution is 2.59. The molecule has 0 aromatic rings. The van der Waals surface area contributed by atoms with Gasteiger partial charge in [0.1, 0.15) is 6.29 Å². The molecule has 30 heavy (non-hydrogen) atoms. The lowest BCUT2D eigenvalue weighted by atomic mass is 9.47. The van der Waals surface area contributed by atoms with E-state index in [2.05, 4.69) is 55.0 Å². The Hall–Kier alpha value is -0.590. The number of unbranched alkanes of at least 4 members (excludes halogenated alkanes) is 4. The average Bonchev–Trinajstić information content (AvgIpc) is 2.71. The third kappa shape index (κ3) is 6.46. The van der Waals surface area contributed by atoms with Crippen LogP contribution in [0.4, 0.5) is 0 Å². The van der Waals surface area contributed by atoms with Crippen molar-refractivity contribution in [1.82, 2.24) is 0 Å². The van der Waals surface area contributed by atoms with Gasteiger partial charge in [0.25, 0.3) is 0 Å². The molecule has 1 saturated carbocycles. The van der Waals surface area contributed by atoms with Gasteiger partial charge < -0.3 is 4.79 Å². The SMILES string of the molecule is C=CCC(C)C(CC)C(C=O)C(C)(CCCCCCC)C(C)(C)C1CCCCC1C. The van der Waals surface area contributed by atoms with Gasteiger partial charge in [-0.2, -0.15) is 0 Å². The maximum atomic E-state index is 12.8. The molecule has 1 rings (SSSR count). The van der Waals surface area contributed by atoms with Gasteiger partial charge in [-0.05, 0) is 53.8 Å². The second-order valence-electron chi connectivity index (χ2n) is 11.4. The summed E-state index contributed by atoms with van der Waals surface area (Å²) in [6.07, 6.45) is 18.7. The summed E-state index contributed by atoms with van der Waals surface area (Å²) in [5.74, 6) is 2.58. The first-order chi connectivity index (χ1) is 14.2. The second kappa shape index (κ2) is 13.1. The smallest absolute Gasteiger partial charge is 0.123 e. The van der Waals surface area contributed by atoms with Crippen LogP contribution in [0.2, 0.25) is 0 Å². The van der Waals surface area contributed by atoms with E-state index in [0.29, 0.717) is 11.8 Å². The standard InChI is InChI=1S/C29H54O/c1-9-12-13-14-17-21-29(8,27(22-30)25(11-3)23(4)18-10-2)28(6,7)26-20-16-15-19-24(26)5/h10,22-27H,2,9,11-21H2,1,3-8H3. The fourth-order valence-corrected chi connectivity index (χ4v) is 7.00. The highest BCUT2D eigenvalue weighted by molar-refractivity contribution is 5.56. The molecule has 1 aliphatic rings. The zero-order valence-electron chi connectivity index (χ0n) is 21.6. The average molecular weight is 419 g/mol. The lowest BCUT2D eigenvalue weighted by Crippen LogP contribution is -2.51. The number of aldehydes is 1. The molecule has 0 spiro atoms. The summed E-state index contributed by atoms with van der Waals surface area (Å²) in [6.45, 7) is 20.9. The van der Waals surface area contributed by atoms with Crippen LogP contribution in [0.25, 0.3) is 0 Å². The van der Waals surface area contributed by atoms with Crippen molar-refractivity contribution >= 4 is 6.29 Å². The van der Waals surface area contributed by atoms with E-state index in [1.807, 2.05) is 6.08 Å². The molecule has 0 radical (unpaired) electrons. The fraction of sp³-hybridized carbons (Fsp3) is 0.897. The summed E-state index contributed by atoms with van der Waals surface area (Å²) >= 11 is 0. The van der Waals surface area contributed by atoms with E-state index < -0.39 is 0 Å². The molecule has 176 valence electrons. The molecule has 0 amide bonds. The summed E-state index contributed by atoms with van der Waals surface area (Å²) in [7, 11) is 0. The Kier molecular flexibility index (Phi) is 12.0. The summed E-state index contributed by atoms with van der Waals surface area (Å²) in [6, 6.07) is 0. The maximum absolute atomic E-state index is 12.8. The van der Waals surface area contributed by atoms with Crippen LogP contribution in [0, 0.1) is 40.4 Å². The molecule has 1 fully saturated rings. The largest absolute Gasteiger partial charge is 0.303 e. The number of hydrogen-bond donors (Lipinski definition) is 0. The summed E-state index contributed by atoms with van der Waals surface area (Å²) in [5.41, 5.74) is 0.220. The van der Waals surface area contributed by atoms with Crippen LogP contribution in [0.5, 0.6) is 0 Å². The highest BCUT2D eigenvalue weighted by atomic mass is 16.1. The molecule has 0 bridgehead atoms. The van der Waals surface area contributed by atoms with Crippen LogP contribution in [0.3, 0.4) is 0 Å². The monoisotopic (exact) mass is 418 g/mol. The topological polar surface area (TPSA) is 17.1 Å². The van der Waals surface area contributed by atoms with Crippen LogP contribution in [-0.2, 0) is 4.79 Å². The molecule has 6 unspecified atom stereocenters. The molecule has 0 aromatic carbocycles. The van der Waals surface area contributed by atoms with Crippen LogP contribution in [0.1, 0.15) is 126 Å². The van der Waals surface area contributed by atoms with Gasteiger partial charge in [-0.3, -0.25) is 0 Å². The molecule has 1 aliphatic carbocycles. The van der Waals surface area contributed by atoms with Crippen molar-refractivity contribution in [3.63, 3.8) is 0 Å². The maximum Gasteiger partial charge on any atom is 0.123 e. The Morgan fingerprint density at radius 3 is 2.20 bits per heavy atom. The van der Waals surface area contributed by atoms with E-state index in [4.69, 9.17) is 0 Å². The summed E-state index contributed by atoms with van der Waals surface area (Å²) in [5, 5.41) is 0. The minimum absolute atomic E-state index is 0.0489. The Morgan fingerprint density at radius 2 is 1.67 bits per heavy atom. The number of carbonyl (C=O) groups is 1. The number of hydrogen-bond acceptors (Lipinski definition) is 1. The fourth-order valence-electron chi connectivity index (χ4n) is 7.00. The van der Waals surface area contributed by atoms with Crippen molar-refractivity contribution in [2.75, 3.05) is 0 Å². The van der Waals surface area contributed by atoms with Crippen molar-refractivity contribution in [2.45, 2.75) is 126 Å². The minimum Gasteiger partial charge on any atom is -0.303 e. The molecule has 0 N–H and O–H groups in total. The van der Waals surface area contributed by atoms with Gasteiger partial charge in [0, 0.05) is 5.92 Å². The van der Waals surface area contributed by atoms with Crippen molar-refractivity contribution in [3.8, 4) is 0 Å². The molecular formula is C29H54O. The van der Waals surface area contributed by atoms with E-state index in [1.165, 1.54) is 70.5 Å². The van der Waals surface area contributed by atoms with Crippen molar-refractivity contribution in [1.29, 1.82) is 0 Å². The van der Waals surface area contributed by atoms with Crippen LogP contribution < -0.4 is 0 Å². The zero-order chi connectivity index (χ0) is 22.8. The number of carbonyl (C=O) groups excluding carboxylic acids is 1.